The average Bonchev–Trinajstić information content (AvgIpc) is 2.74. The van der Waals surface area contributed by atoms with Crippen LogP contribution in [0.3, 0.4) is 0 Å². The largest absolute Gasteiger partial charge is 0.496 e. The van der Waals surface area contributed by atoms with E-state index in [1.807, 2.05) is 18.2 Å². The van der Waals surface area contributed by atoms with E-state index in [4.69, 9.17) is 9.84 Å². The Balaban J connectivity index is 2.31. The fraction of sp³-hybridized carbons (Fsp3) is 0.471. The molecule has 114 valence electrons. The van der Waals surface area contributed by atoms with Crippen molar-refractivity contribution in [3.8, 4) is 5.75 Å². The second-order valence-corrected chi connectivity index (χ2v) is 5.33. The van der Waals surface area contributed by atoms with E-state index in [1.54, 1.807) is 7.11 Å². The monoisotopic (exact) mass is 287 g/mol. The van der Waals surface area contributed by atoms with Crippen LogP contribution < -0.4 is 10.1 Å². The molecule has 1 aromatic carbocycles. The summed E-state index contributed by atoms with van der Waals surface area (Å²) in [5.74, 6) is 0.909. The minimum absolute atomic E-state index is 0.321. The van der Waals surface area contributed by atoms with Crippen LogP contribution in [0.25, 0.3) is 0 Å². The lowest BCUT2D eigenvalue weighted by atomic mass is 10.1. The highest BCUT2D eigenvalue weighted by Crippen LogP contribution is 2.24. The molecule has 2 aromatic rings. The molecule has 1 atom stereocenters. The summed E-state index contributed by atoms with van der Waals surface area (Å²) in [5, 5.41) is 8.17. The fourth-order valence-electron chi connectivity index (χ4n) is 2.89. The van der Waals surface area contributed by atoms with Gasteiger partial charge in [-0.15, -0.1) is 0 Å². The van der Waals surface area contributed by atoms with Crippen molar-refractivity contribution in [3.05, 3.63) is 46.8 Å². The Morgan fingerprint density at radius 1 is 1.29 bits per heavy atom. The number of methoxy groups -OCH3 is 1. The summed E-state index contributed by atoms with van der Waals surface area (Å²) in [4.78, 5) is 0. The third-order valence-electron chi connectivity index (χ3n) is 3.89. The predicted molar refractivity (Wildman–Crippen MR) is 85.9 cm³/mol. The highest BCUT2D eigenvalue weighted by atomic mass is 16.5. The van der Waals surface area contributed by atoms with Crippen LogP contribution in [0.4, 0.5) is 0 Å². The Bertz CT molecular complexity index is 604. The maximum Gasteiger partial charge on any atom is 0.123 e. The number of ether oxygens (including phenoxy) is 1. The number of nitrogens with one attached hydrogen (secondary N) is 1. The van der Waals surface area contributed by atoms with Gasteiger partial charge >= 0.3 is 0 Å². The molecule has 1 unspecified atom stereocenters. The first kappa shape index (κ1) is 15.6. The summed E-state index contributed by atoms with van der Waals surface area (Å²) in [6, 6.07) is 8.42. The predicted octanol–water partition coefficient (Wildman–Crippen LogP) is 3.23. The minimum atomic E-state index is 0.321. The SMILES string of the molecule is CCNC(C)c1c(C)nn(Cc2ccccc2OC)c1C. The molecule has 0 saturated carbocycles. The van der Waals surface area contributed by atoms with Crippen molar-refractivity contribution in [1.82, 2.24) is 15.1 Å². The lowest BCUT2D eigenvalue weighted by molar-refractivity contribution is 0.407. The number of para-hydroxylation sites is 1. The van der Waals surface area contributed by atoms with E-state index in [0.717, 1.165) is 30.1 Å². The first-order valence-corrected chi connectivity index (χ1v) is 7.47. The van der Waals surface area contributed by atoms with Crippen molar-refractivity contribution >= 4 is 0 Å². The van der Waals surface area contributed by atoms with Crippen LogP contribution in [0.15, 0.2) is 24.3 Å². The zero-order chi connectivity index (χ0) is 15.4. The molecule has 0 amide bonds. The second kappa shape index (κ2) is 6.76. The van der Waals surface area contributed by atoms with E-state index in [9.17, 15) is 0 Å². The zero-order valence-electron chi connectivity index (χ0n) is 13.6. The Morgan fingerprint density at radius 3 is 2.67 bits per heavy atom. The van der Waals surface area contributed by atoms with E-state index >= 15 is 0 Å². The number of hydrogen-bond donors (Lipinski definition) is 1. The van der Waals surface area contributed by atoms with Crippen molar-refractivity contribution < 1.29 is 4.74 Å². The molecule has 1 heterocycles. The summed E-state index contributed by atoms with van der Waals surface area (Å²) in [6.45, 7) is 10.2. The topological polar surface area (TPSA) is 39.1 Å². The van der Waals surface area contributed by atoms with Crippen molar-refractivity contribution in [2.45, 2.75) is 40.3 Å². The van der Waals surface area contributed by atoms with Crippen LogP contribution >= 0.6 is 0 Å². The van der Waals surface area contributed by atoms with Crippen LogP contribution in [0, 0.1) is 13.8 Å². The van der Waals surface area contributed by atoms with Crippen LogP contribution in [0.5, 0.6) is 5.75 Å². The van der Waals surface area contributed by atoms with Gasteiger partial charge in [0.1, 0.15) is 5.75 Å². The van der Waals surface area contributed by atoms with Crippen LogP contribution in [-0.4, -0.2) is 23.4 Å². The summed E-state index contributed by atoms with van der Waals surface area (Å²) in [5.41, 5.74) is 4.75. The van der Waals surface area contributed by atoms with Gasteiger partial charge in [0.25, 0.3) is 0 Å². The normalized spacial score (nSPS) is 12.4. The molecule has 0 aliphatic heterocycles. The van der Waals surface area contributed by atoms with Crippen LogP contribution in [0.1, 0.15) is 42.4 Å². The van der Waals surface area contributed by atoms with E-state index in [1.165, 1.54) is 11.3 Å². The van der Waals surface area contributed by atoms with Gasteiger partial charge in [0.2, 0.25) is 0 Å². The average molecular weight is 287 g/mol. The highest BCUT2D eigenvalue weighted by molar-refractivity contribution is 5.35. The van der Waals surface area contributed by atoms with Gasteiger partial charge in [-0.25, -0.2) is 0 Å². The lowest BCUT2D eigenvalue weighted by Gasteiger charge is -2.14. The van der Waals surface area contributed by atoms with E-state index in [-0.39, 0.29) is 0 Å². The molecule has 0 aliphatic rings. The van der Waals surface area contributed by atoms with Gasteiger partial charge in [0.05, 0.1) is 19.3 Å². The van der Waals surface area contributed by atoms with Gasteiger partial charge < -0.3 is 10.1 Å². The van der Waals surface area contributed by atoms with Crippen molar-refractivity contribution in [2.75, 3.05) is 13.7 Å². The van der Waals surface area contributed by atoms with Crippen molar-refractivity contribution in [3.63, 3.8) is 0 Å². The Kier molecular flexibility index (Phi) is 5.02. The first-order valence-electron chi connectivity index (χ1n) is 7.47. The minimum Gasteiger partial charge on any atom is -0.496 e. The molecule has 0 saturated heterocycles. The smallest absolute Gasteiger partial charge is 0.123 e. The summed E-state index contributed by atoms with van der Waals surface area (Å²) >= 11 is 0. The maximum absolute atomic E-state index is 5.43. The van der Waals surface area contributed by atoms with Crippen LogP contribution in [0.2, 0.25) is 0 Å². The fourth-order valence-corrected chi connectivity index (χ4v) is 2.89. The highest BCUT2D eigenvalue weighted by Gasteiger charge is 2.17. The number of benzene rings is 1. The molecule has 0 spiro atoms. The molecular formula is C17H25N3O. The molecular weight excluding hydrogens is 262 g/mol. The van der Waals surface area contributed by atoms with Gasteiger partial charge in [0.15, 0.2) is 0 Å². The van der Waals surface area contributed by atoms with E-state index in [2.05, 4.69) is 43.8 Å². The lowest BCUT2D eigenvalue weighted by Crippen LogP contribution is -2.19. The molecule has 4 nitrogen and oxygen atoms in total. The number of rotatable bonds is 6. The van der Waals surface area contributed by atoms with Crippen LogP contribution in [-0.2, 0) is 6.54 Å². The molecule has 0 aliphatic carbocycles. The number of hydrogen-bond acceptors (Lipinski definition) is 3. The molecule has 4 heteroatoms. The van der Waals surface area contributed by atoms with Crippen molar-refractivity contribution in [1.29, 1.82) is 0 Å². The standard InChI is InChI=1S/C17H25N3O/c1-6-18-12(2)17-13(3)19-20(14(17)4)11-15-9-7-8-10-16(15)21-5/h7-10,12,18H,6,11H2,1-5H3. The Hall–Kier alpha value is -1.81. The maximum atomic E-state index is 5.43. The molecule has 1 aromatic heterocycles. The molecule has 2 rings (SSSR count). The van der Waals surface area contributed by atoms with E-state index in [0.29, 0.717) is 6.04 Å². The van der Waals surface area contributed by atoms with E-state index < -0.39 is 0 Å². The molecule has 0 fully saturated rings. The molecule has 0 radical (unpaired) electrons. The Morgan fingerprint density at radius 2 is 2.00 bits per heavy atom. The van der Waals surface area contributed by atoms with Gasteiger partial charge in [-0.3, -0.25) is 4.68 Å². The summed E-state index contributed by atoms with van der Waals surface area (Å²) < 4.78 is 7.49. The number of nitrogens with zero attached hydrogens (tertiary/aromatic N) is 2. The summed E-state index contributed by atoms with van der Waals surface area (Å²) in [6.07, 6.45) is 0. The van der Waals surface area contributed by atoms with Gasteiger partial charge in [-0.1, -0.05) is 25.1 Å². The third-order valence-corrected chi connectivity index (χ3v) is 3.89. The first-order chi connectivity index (χ1) is 10.1. The van der Waals surface area contributed by atoms with Crippen molar-refractivity contribution in [2.24, 2.45) is 0 Å². The summed E-state index contributed by atoms with van der Waals surface area (Å²) in [7, 11) is 1.71. The van der Waals surface area contributed by atoms with Gasteiger partial charge in [-0.2, -0.15) is 5.10 Å². The zero-order valence-corrected chi connectivity index (χ0v) is 13.6. The van der Waals surface area contributed by atoms with Gasteiger partial charge in [-0.05, 0) is 33.4 Å². The molecule has 21 heavy (non-hydrogen) atoms. The number of aryl methyl sites for hydroxylation is 1. The molecule has 0 bridgehead atoms. The third kappa shape index (κ3) is 3.27. The number of aromatic nitrogens is 2. The Labute approximate surface area is 127 Å². The molecule has 1 N–H and O–H groups in total. The second-order valence-electron chi connectivity index (χ2n) is 5.33. The van der Waals surface area contributed by atoms with Gasteiger partial charge in [0, 0.05) is 22.9 Å². The quantitative estimate of drug-likeness (QED) is 0.886.